The summed E-state index contributed by atoms with van der Waals surface area (Å²) in [5, 5.41) is 9.60. The lowest BCUT2D eigenvalue weighted by molar-refractivity contribution is -0.147. The Labute approximate surface area is 128 Å². The summed E-state index contributed by atoms with van der Waals surface area (Å²) in [4.78, 5) is 24.9. The van der Waals surface area contributed by atoms with Crippen molar-refractivity contribution in [3.8, 4) is 5.75 Å². The van der Waals surface area contributed by atoms with E-state index in [9.17, 15) is 9.59 Å². The van der Waals surface area contributed by atoms with E-state index in [0.717, 1.165) is 0 Å². The first kappa shape index (κ1) is 15.6. The van der Waals surface area contributed by atoms with Gasteiger partial charge in [0.1, 0.15) is 5.75 Å². The van der Waals surface area contributed by atoms with E-state index in [2.05, 4.69) is 0 Å². The first-order valence-electron chi connectivity index (χ1n) is 6.91. The van der Waals surface area contributed by atoms with Crippen LogP contribution in [0.2, 0.25) is 5.02 Å². The maximum absolute atomic E-state index is 12.3. The van der Waals surface area contributed by atoms with Crippen LogP contribution in [-0.2, 0) is 9.59 Å². The molecule has 2 atom stereocenters. The lowest BCUT2D eigenvalue weighted by Crippen LogP contribution is -2.47. The fourth-order valence-corrected chi connectivity index (χ4v) is 2.61. The smallest absolute Gasteiger partial charge is 0.308 e. The molecule has 0 radical (unpaired) electrons. The third kappa shape index (κ3) is 4.11. The largest absolute Gasteiger partial charge is 0.481 e. The number of carbonyl (C=O) groups excluding carboxylic acids is 1. The third-order valence-electron chi connectivity index (χ3n) is 3.54. The maximum atomic E-state index is 12.3. The Morgan fingerprint density at radius 3 is 2.90 bits per heavy atom. The molecule has 1 aromatic carbocycles. The zero-order valence-electron chi connectivity index (χ0n) is 11.8. The Balaban J connectivity index is 1.97. The Morgan fingerprint density at radius 1 is 1.48 bits per heavy atom. The molecule has 0 bridgehead atoms. The second kappa shape index (κ2) is 6.80. The van der Waals surface area contributed by atoms with Crippen LogP contribution < -0.4 is 4.74 Å². The van der Waals surface area contributed by atoms with E-state index < -0.39 is 18.0 Å². The fourth-order valence-electron chi connectivity index (χ4n) is 2.43. The van der Waals surface area contributed by atoms with Crippen molar-refractivity contribution >= 4 is 23.5 Å². The minimum Gasteiger partial charge on any atom is -0.481 e. The molecule has 1 fully saturated rings. The number of ether oxygens (including phenoxy) is 1. The van der Waals surface area contributed by atoms with Gasteiger partial charge >= 0.3 is 5.97 Å². The van der Waals surface area contributed by atoms with Gasteiger partial charge < -0.3 is 14.7 Å². The molecule has 1 N–H and O–H groups in total. The molecule has 1 amide bonds. The van der Waals surface area contributed by atoms with Crippen LogP contribution in [-0.4, -0.2) is 41.1 Å². The molecular formula is C15H18ClNO4. The summed E-state index contributed by atoms with van der Waals surface area (Å²) >= 11 is 5.87. The highest BCUT2D eigenvalue weighted by Crippen LogP contribution is 2.21. The number of aliphatic carboxylic acids is 1. The maximum Gasteiger partial charge on any atom is 0.308 e. The second-order valence-electron chi connectivity index (χ2n) is 5.18. The van der Waals surface area contributed by atoms with Crippen molar-refractivity contribution in [3.05, 3.63) is 29.3 Å². The molecule has 0 aromatic heterocycles. The summed E-state index contributed by atoms with van der Waals surface area (Å²) in [5.41, 5.74) is 0. The molecule has 1 heterocycles. The molecule has 6 heteroatoms. The molecule has 114 valence electrons. The molecule has 21 heavy (non-hydrogen) atoms. The number of likely N-dealkylation sites (tertiary alicyclic amines) is 1. The van der Waals surface area contributed by atoms with Crippen LogP contribution in [0.1, 0.15) is 19.8 Å². The number of carboxylic acid groups (broad SMARTS) is 1. The predicted octanol–water partition coefficient (Wildman–Crippen LogP) is 2.43. The van der Waals surface area contributed by atoms with Crippen molar-refractivity contribution in [2.75, 3.05) is 13.1 Å². The summed E-state index contributed by atoms with van der Waals surface area (Å²) in [6, 6.07) is 6.84. The van der Waals surface area contributed by atoms with Crippen LogP contribution in [0.4, 0.5) is 0 Å². The van der Waals surface area contributed by atoms with Crippen molar-refractivity contribution in [2.45, 2.75) is 25.9 Å². The van der Waals surface area contributed by atoms with Crippen molar-refractivity contribution < 1.29 is 19.4 Å². The second-order valence-corrected chi connectivity index (χ2v) is 5.62. The van der Waals surface area contributed by atoms with Gasteiger partial charge in [0.15, 0.2) is 6.10 Å². The van der Waals surface area contributed by atoms with E-state index in [4.69, 9.17) is 21.4 Å². The SMILES string of the molecule is CC(Oc1cccc(Cl)c1)C(=O)N1CCCC(C(=O)O)C1. The van der Waals surface area contributed by atoms with Gasteiger partial charge in [0.25, 0.3) is 5.91 Å². The quantitative estimate of drug-likeness (QED) is 0.927. The molecule has 0 saturated carbocycles. The van der Waals surface area contributed by atoms with Gasteiger partial charge in [-0.3, -0.25) is 9.59 Å². The molecule has 1 aliphatic rings. The predicted molar refractivity (Wildman–Crippen MR) is 78.5 cm³/mol. The van der Waals surface area contributed by atoms with E-state index in [1.807, 2.05) is 0 Å². The minimum absolute atomic E-state index is 0.194. The number of benzene rings is 1. The van der Waals surface area contributed by atoms with Crippen LogP contribution in [0.3, 0.4) is 0 Å². The first-order chi connectivity index (χ1) is 9.97. The van der Waals surface area contributed by atoms with Gasteiger partial charge in [0, 0.05) is 18.1 Å². The summed E-state index contributed by atoms with van der Waals surface area (Å²) < 4.78 is 5.58. The van der Waals surface area contributed by atoms with Crippen LogP contribution >= 0.6 is 11.6 Å². The number of piperidine rings is 1. The number of rotatable bonds is 4. The van der Waals surface area contributed by atoms with Crippen LogP contribution in [0.5, 0.6) is 5.75 Å². The Bertz CT molecular complexity index is 534. The highest BCUT2D eigenvalue weighted by molar-refractivity contribution is 6.30. The summed E-state index contributed by atoms with van der Waals surface area (Å²) in [5.74, 6) is -1.01. The molecule has 2 rings (SSSR count). The van der Waals surface area contributed by atoms with Gasteiger partial charge in [-0.25, -0.2) is 0 Å². The topological polar surface area (TPSA) is 66.8 Å². The van der Waals surface area contributed by atoms with E-state index in [1.54, 1.807) is 36.1 Å². The lowest BCUT2D eigenvalue weighted by Gasteiger charge is -2.32. The fraction of sp³-hybridized carbons (Fsp3) is 0.467. The monoisotopic (exact) mass is 311 g/mol. The van der Waals surface area contributed by atoms with Crippen molar-refractivity contribution in [1.82, 2.24) is 4.90 Å². The molecule has 0 aliphatic carbocycles. The number of amides is 1. The van der Waals surface area contributed by atoms with Crippen LogP contribution in [0.25, 0.3) is 0 Å². The number of hydrogen-bond donors (Lipinski definition) is 1. The number of nitrogens with zero attached hydrogens (tertiary/aromatic N) is 1. The highest BCUT2D eigenvalue weighted by atomic mass is 35.5. The van der Waals surface area contributed by atoms with E-state index in [0.29, 0.717) is 30.2 Å². The zero-order chi connectivity index (χ0) is 15.4. The third-order valence-corrected chi connectivity index (χ3v) is 3.77. The van der Waals surface area contributed by atoms with Gasteiger partial charge in [0.05, 0.1) is 5.92 Å². The normalized spacial score (nSPS) is 19.9. The van der Waals surface area contributed by atoms with E-state index in [-0.39, 0.29) is 12.5 Å². The summed E-state index contributed by atoms with van der Waals surface area (Å²) in [6.45, 7) is 2.48. The lowest BCUT2D eigenvalue weighted by atomic mass is 9.98. The highest BCUT2D eigenvalue weighted by Gasteiger charge is 2.30. The van der Waals surface area contributed by atoms with Gasteiger partial charge in [-0.15, -0.1) is 0 Å². The van der Waals surface area contributed by atoms with E-state index in [1.165, 1.54) is 0 Å². The van der Waals surface area contributed by atoms with Gasteiger partial charge in [-0.1, -0.05) is 17.7 Å². The standard InChI is InChI=1S/C15H18ClNO4/c1-10(21-13-6-2-5-12(16)8-13)14(18)17-7-3-4-11(9-17)15(19)20/h2,5-6,8,10-11H,3-4,7,9H2,1H3,(H,19,20). The average Bonchev–Trinajstić information content (AvgIpc) is 2.46. The van der Waals surface area contributed by atoms with Crippen LogP contribution in [0.15, 0.2) is 24.3 Å². The molecule has 5 nitrogen and oxygen atoms in total. The molecule has 1 aromatic rings. The Hall–Kier alpha value is -1.75. The van der Waals surface area contributed by atoms with Crippen molar-refractivity contribution in [2.24, 2.45) is 5.92 Å². The zero-order valence-corrected chi connectivity index (χ0v) is 12.5. The van der Waals surface area contributed by atoms with Gasteiger partial charge in [-0.05, 0) is 38.0 Å². The van der Waals surface area contributed by atoms with E-state index >= 15 is 0 Å². The molecule has 1 aliphatic heterocycles. The minimum atomic E-state index is -0.851. The van der Waals surface area contributed by atoms with Crippen molar-refractivity contribution in [1.29, 1.82) is 0 Å². The van der Waals surface area contributed by atoms with Gasteiger partial charge in [-0.2, -0.15) is 0 Å². The first-order valence-corrected chi connectivity index (χ1v) is 7.29. The number of halogens is 1. The number of hydrogen-bond acceptors (Lipinski definition) is 3. The van der Waals surface area contributed by atoms with Crippen LogP contribution in [0, 0.1) is 5.92 Å². The van der Waals surface area contributed by atoms with Crippen molar-refractivity contribution in [3.63, 3.8) is 0 Å². The number of carbonyl (C=O) groups is 2. The summed E-state index contributed by atoms with van der Waals surface area (Å²) in [7, 11) is 0. The molecule has 0 spiro atoms. The molecule has 1 saturated heterocycles. The van der Waals surface area contributed by atoms with Gasteiger partial charge in [0.2, 0.25) is 0 Å². The Kier molecular flexibility index (Phi) is 5.07. The summed E-state index contributed by atoms with van der Waals surface area (Å²) in [6.07, 6.45) is 0.644. The number of carboxylic acids is 1. The molecular weight excluding hydrogens is 294 g/mol. The molecule has 2 unspecified atom stereocenters. The average molecular weight is 312 g/mol. The Morgan fingerprint density at radius 2 is 2.24 bits per heavy atom.